The van der Waals surface area contributed by atoms with Crippen LogP contribution in [0.25, 0.3) is 22.7 Å². The number of fused-ring (bicyclic) bond motifs is 1. The molecule has 0 atom stereocenters. The highest BCUT2D eigenvalue weighted by Gasteiger charge is 2.21. The standard InChI is InChI=1S/C28H27NO5/c1-4-5-16-33-21-13-11-20(12-14-21)27(30)22(28-29-23-8-6-7-9-24(23)34-28)17-19-10-15-25(31-2)26(18-19)32-3/h6-15,17-18H,4-5,16H2,1-3H3/b22-17-. The number of para-hydroxylation sites is 2. The summed E-state index contributed by atoms with van der Waals surface area (Å²) in [7, 11) is 3.15. The van der Waals surface area contributed by atoms with Gasteiger partial charge in [0.2, 0.25) is 5.89 Å². The summed E-state index contributed by atoms with van der Waals surface area (Å²) < 4.78 is 22.4. The molecule has 0 aliphatic rings. The second-order valence-corrected chi connectivity index (χ2v) is 7.71. The summed E-state index contributed by atoms with van der Waals surface area (Å²) in [6, 6.07) is 20.0. The minimum Gasteiger partial charge on any atom is -0.494 e. The Kier molecular flexibility index (Phi) is 7.28. The van der Waals surface area contributed by atoms with Crippen molar-refractivity contribution >= 4 is 28.5 Å². The first kappa shape index (κ1) is 23.1. The molecule has 0 unspecified atom stereocenters. The Hall–Kier alpha value is -4.06. The number of unbranched alkanes of at least 4 members (excludes halogenated alkanes) is 1. The molecule has 34 heavy (non-hydrogen) atoms. The van der Waals surface area contributed by atoms with Gasteiger partial charge in [-0.2, -0.15) is 0 Å². The molecule has 0 radical (unpaired) electrons. The number of rotatable bonds is 10. The second kappa shape index (κ2) is 10.7. The number of hydrogen-bond acceptors (Lipinski definition) is 6. The van der Waals surface area contributed by atoms with Crippen molar-refractivity contribution in [2.24, 2.45) is 0 Å². The number of allylic oxidation sites excluding steroid dienone is 1. The predicted molar refractivity (Wildman–Crippen MR) is 133 cm³/mol. The maximum atomic E-state index is 13.6. The highest BCUT2D eigenvalue weighted by Crippen LogP contribution is 2.31. The van der Waals surface area contributed by atoms with E-state index in [4.69, 9.17) is 18.6 Å². The molecule has 0 fully saturated rings. The molecule has 4 rings (SSSR count). The smallest absolute Gasteiger partial charge is 0.231 e. The van der Waals surface area contributed by atoms with E-state index in [-0.39, 0.29) is 11.7 Å². The van der Waals surface area contributed by atoms with Gasteiger partial charge in [0.25, 0.3) is 0 Å². The fourth-order valence-corrected chi connectivity index (χ4v) is 3.51. The van der Waals surface area contributed by atoms with E-state index in [1.165, 1.54) is 0 Å². The third-order valence-electron chi connectivity index (χ3n) is 5.37. The molecule has 1 aromatic heterocycles. The van der Waals surface area contributed by atoms with Crippen LogP contribution in [0, 0.1) is 0 Å². The summed E-state index contributed by atoms with van der Waals surface area (Å²) in [6.07, 6.45) is 3.79. The van der Waals surface area contributed by atoms with Crippen LogP contribution in [0.3, 0.4) is 0 Å². The summed E-state index contributed by atoms with van der Waals surface area (Å²) in [4.78, 5) is 18.2. The summed E-state index contributed by atoms with van der Waals surface area (Å²) in [5.74, 6) is 1.95. The van der Waals surface area contributed by atoms with Gasteiger partial charge in [-0.15, -0.1) is 0 Å². The number of methoxy groups -OCH3 is 2. The molecular weight excluding hydrogens is 430 g/mol. The first-order valence-corrected chi connectivity index (χ1v) is 11.2. The minimum atomic E-state index is -0.207. The summed E-state index contributed by atoms with van der Waals surface area (Å²) in [6.45, 7) is 2.76. The highest BCUT2D eigenvalue weighted by molar-refractivity contribution is 6.31. The minimum absolute atomic E-state index is 0.207. The number of oxazole rings is 1. The maximum absolute atomic E-state index is 13.6. The highest BCUT2D eigenvalue weighted by atomic mass is 16.5. The van der Waals surface area contributed by atoms with E-state index in [1.54, 1.807) is 44.6 Å². The third kappa shape index (κ3) is 5.12. The number of nitrogens with zero attached hydrogens (tertiary/aromatic N) is 1. The van der Waals surface area contributed by atoms with Gasteiger partial charge in [-0.25, -0.2) is 4.98 Å². The van der Waals surface area contributed by atoms with Crippen molar-refractivity contribution in [1.82, 2.24) is 4.98 Å². The molecule has 0 amide bonds. The van der Waals surface area contributed by atoms with E-state index in [0.717, 1.165) is 24.2 Å². The van der Waals surface area contributed by atoms with E-state index >= 15 is 0 Å². The van der Waals surface area contributed by atoms with Gasteiger partial charge < -0.3 is 18.6 Å². The molecule has 6 nitrogen and oxygen atoms in total. The first-order valence-electron chi connectivity index (χ1n) is 11.2. The van der Waals surface area contributed by atoms with Crippen molar-refractivity contribution in [2.75, 3.05) is 20.8 Å². The van der Waals surface area contributed by atoms with Gasteiger partial charge in [-0.3, -0.25) is 4.79 Å². The predicted octanol–water partition coefficient (Wildman–Crippen LogP) is 6.45. The zero-order chi connectivity index (χ0) is 23.9. The number of carbonyl (C=O) groups is 1. The van der Waals surface area contributed by atoms with E-state index in [1.807, 2.05) is 42.5 Å². The van der Waals surface area contributed by atoms with Crippen molar-refractivity contribution < 1.29 is 23.4 Å². The monoisotopic (exact) mass is 457 g/mol. The molecule has 1 heterocycles. The molecule has 0 saturated carbocycles. The third-order valence-corrected chi connectivity index (χ3v) is 5.37. The Labute approximate surface area is 198 Å². The summed E-state index contributed by atoms with van der Waals surface area (Å²) in [5, 5.41) is 0. The molecule has 0 aliphatic carbocycles. The van der Waals surface area contributed by atoms with E-state index in [9.17, 15) is 4.79 Å². The Morgan fingerprint density at radius 2 is 1.74 bits per heavy atom. The number of Topliss-reactive ketones (excluding diaryl/α,β-unsaturated/α-hetero) is 1. The van der Waals surface area contributed by atoms with Crippen LogP contribution in [0.5, 0.6) is 17.2 Å². The molecular formula is C28H27NO5. The lowest BCUT2D eigenvalue weighted by Gasteiger charge is -2.09. The van der Waals surface area contributed by atoms with Crippen molar-refractivity contribution in [2.45, 2.75) is 19.8 Å². The fraction of sp³-hybridized carbons (Fsp3) is 0.214. The largest absolute Gasteiger partial charge is 0.494 e. The molecule has 6 heteroatoms. The zero-order valence-corrected chi connectivity index (χ0v) is 19.5. The van der Waals surface area contributed by atoms with E-state index in [2.05, 4.69) is 11.9 Å². The lowest BCUT2D eigenvalue weighted by atomic mass is 10.0. The van der Waals surface area contributed by atoms with Crippen LogP contribution in [0.15, 0.2) is 71.1 Å². The van der Waals surface area contributed by atoms with Crippen LogP contribution in [0.4, 0.5) is 0 Å². The molecule has 3 aromatic carbocycles. The van der Waals surface area contributed by atoms with Crippen molar-refractivity contribution in [3.8, 4) is 17.2 Å². The lowest BCUT2D eigenvalue weighted by Crippen LogP contribution is -2.04. The number of ether oxygens (including phenoxy) is 3. The van der Waals surface area contributed by atoms with Crippen LogP contribution in [0.1, 0.15) is 41.6 Å². The number of ketones is 1. The van der Waals surface area contributed by atoms with Gasteiger partial charge in [-0.1, -0.05) is 31.5 Å². The van der Waals surface area contributed by atoms with Gasteiger partial charge in [0.1, 0.15) is 11.3 Å². The van der Waals surface area contributed by atoms with Crippen LogP contribution in [-0.2, 0) is 0 Å². The van der Waals surface area contributed by atoms with E-state index in [0.29, 0.717) is 40.3 Å². The molecule has 0 saturated heterocycles. The SMILES string of the molecule is CCCCOc1ccc(C(=O)/C(=C/c2ccc(OC)c(OC)c2)c2nc3ccccc3o2)cc1. The molecule has 174 valence electrons. The van der Waals surface area contributed by atoms with Gasteiger partial charge in [0.05, 0.1) is 26.4 Å². The number of hydrogen-bond donors (Lipinski definition) is 0. The van der Waals surface area contributed by atoms with Crippen molar-refractivity contribution in [3.63, 3.8) is 0 Å². The lowest BCUT2D eigenvalue weighted by molar-refractivity contribution is 0.105. The molecule has 0 aliphatic heterocycles. The van der Waals surface area contributed by atoms with Crippen molar-refractivity contribution in [1.29, 1.82) is 0 Å². The van der Waals surface area contributed by atoms with Gasteiger partial charge in [0, 0.05) is 5.56 Å². The molecule has 0 spiro atoms. The van der Waals surface area contributed by atoms with Gasteiger partial charge in [-0.05, 0) is 66.6 Å². The average Bonchev–Trinajstić information content (AvgIpc) is 3.31. The molecule has 0 N–H and O–H groups in total. The maximum Gasteiger partial charge on any atom is 0.231 e. The Morgan fingerprint density at radius 1 is 0.971 bits per heavy atom. The number of carbonyl (C=O) groups excluding carboxylic acids is 1. The summed E-state index contributed by atoms with van der Waals surface area (Å²) in [5.41, 5.74) is 2.90. The Bertz CT molecular complexity index is 1270. The van der Waals surface area contributed by atoms with Crippen molar-refractivity contribution in [3.05, 3.63) is 83.7 Å². The molecule has 0 bridgehead atoms. The average molecular weight is 458 g/mol. The fourth-order valence-electron chi connectivity index (χ4n) is 3.51. The zero-order valence-electron chi connectivity index (χ0n) is 19.5. The van der Waals surface area contributed by atoms with Gasteiger partial charge >= 0.3 is 0 Å². The van der Waals surface area contributed by atoms with E-state index < -0.39 is 0 Å². The van der Waals surface area contributed by atoms with Gasteiger partial charge in [0.15, 0.2) is 22.9 Å². The number of benzene rings is 3. The topological polar surface area (TPSA) is 70.8 Å². The Balaban J connectivity index is 1.73. The number of aromatic nitrogens is 1. The van der Waals surface area contributed by atoms with Crippen LogP contribution in [-0.4, -0.2) is 31.6 Å². The van der Waals surface area contributed by atoms with Crippen LogP contribution in [0.2, 0.25) is 0 Å². The second-order valence-electron chi connectivity index (χ2n) is 7.71. The Morgan fingerprint density at radius 3 is 2.44 bits per heavy atom. The van der Waals surface area contributed by atoms with Crippen LogP contribution < -0.4 is 14.2 Å². The summed E-state index contributed by atoms with van der Waals surface area (Å²) >= 11 is 0. The quantitative estimate of drug-likeness (QED) is 0.155. The van der Waals surface area contributed by atoms with Crippen LogP contribution >= 0.6 is 0 Å². The first-order chi connectivity index (χ1) is 16.6. The molecule has 4 aromatic rings. The normalized spacial score (nSPS) is 11.4.